The molecule has 0 saturated carbocycles. The quantitative estimate of drug-likeness (QED) is 0.474. The molecule has 8 nitrogen and oxygen atoms in total. The van der Waals surface area contributed by atoms with Crippen LogP contribution in [0.1, 0.15) is 43.5 Å². The molecule has 0 unspecified atom stereocenters. The zero-order chi connectivity index (χ0) is 24.8. The minimum absolute atomic E-state index is 0.0281. The number of benzene rings is 1. The van der Waals surface area contributed by atoms with E-state index in [2.05, 4.69) is 10.4 Å². The monoisotopic (exact) mass is 481 g/mol. The first kappa shape index (κ1) is 24.7. The summed E-state index contributed by atoms with van der Waals surface area (Å²) in [5.74, 6) is -0.224. The fourth-order valence-corrected chi connectivity index (χ4v) is 4.28. The van der Waals surface area contributed by atoms with E-state index in [-0.39, 0.29) is 29.7 Å². The Kier molecular flexibility index (Phi) is 7.97. The van der Waals surface area contributed by atoms with Crippen molar-refractivity contribution >= 4 is 11.8 Å². The molecule has 9 heteroatoms. The Morgan fingerprint density at radius 2 is 1.94 bits per heavy atom. The third kappa shape index (κ3) is 5.97. The number of nitrogens with zero attached hydrogens (tertiary/aromatic N) is 4. The van der Waals surface area contributed by atoms with Gasteiger partial charge in [-0.3, -0.25) is 9.59 Å². The van der Waals surface area contributed by atoms with Crippen molar-refractivity contribution in [3.63, 3.8) is 0 Å². The van der Waals surface area contributed by atoms with Crippen molar-refractivity contribution in [2.75, 3.05) is 26.2 Å². The summed E-state index contributed by atoms with van der Waals surface area (Å²) < 4.78 is 22.4. The summed E-state index contributed by atoms with van der Waals surface area (Å²) in [6, 6.07) is 9.70. The summed E-state index contributed by atoms with van der Waals surface area (Å²) in [5.41, 5.74) is 1.07. The first-order valence-electron chi connectivity index (χ1n) is 12.1. The Labute approximate surface area is 204 Å². The van der Waals surface area contributed by atoms with E-state index in [9.17, 15) is 14.0 Å². The minimum Gasteiger partial charge on any atom is -0.379 e. The predicted octanol–water partition coefficient (Wildman–Crippen LogP) is 3.59. The lowest BCUT2D eigenvalue weighted by atomic mass is 9.96. The van der Waals surface area contributed by atoms with Gasteiger partial charge in [0, 0.05) is 38.6 Å². The molecule has 2 amide bonds. The summed E-state index contributed by atoms with van der Waals surface area (Å²) in [5, 5.41) is 7.43. The highest BCUT2D eigenvalue weighted by Gasteiger charge is 2.31. The van der Waals surface area contributed by atoms with Gasteiger partial charge in [-0.15, -0.1) is 0 Å². The van der Waals surface area contributed by atoms with Crippen LogP contribution in [0.4, 0.5) is 4.39 Å². The smallest absolute Gasteiger partial charge is 0.259 e. The molecule has 1 saturated heterocycles. The van der Waals surface area contributed by atoms with Crippen LogP contribution in [0.2, 0.25) is 0 Å². The van der Waals surface area contributed by atoms with E-state index in [0.717, 1.165) is 19.3 Å². The summed E-state index contributed by atoms with van der Waals surface area (Å²) in [6.45, 7) is 6.07. The number of carbonyl (C=O) groups excluding carboxylic acids is 2. The Morgan fingerprint density at radius 3 is 2.66 bits per heavy atom. The number of nitrogens with one attached hydrogen (secondary N) is 1. The molecular weight excluding hydrogens is 449 g/mol. The van der Waals surface area contributed by atoms with Crippen LogP contribution >= 0.6 is 0 Å². The molecule has 186 valence electrons. The maximum atomic E-state index is 13.6. The molecule has 1 aliphatic rings. The topological polar surface area (TPSA) is 81.4 Å². The van der Waals surface area contributed by atoms with E-state index in [0.29, 0.717) is 43.3 Å². The van der Waals surface area contributed by atoms with Gasteiger partial charge < -0.3 is 19.5 Å². The van der Waals surface area contributed by atoms with Gasteiger partial charge in [0.1, 0.15) is 11.4 Å². The standard InChI is InChI=1S/C26H32FN5O3/c1-19(2)35-16-6-12-28-24(33)20-7-5-15-31(18-20)26(34)23-17-29-32(22-10-8-21(27)9-11-22)25(23)30-13-3-4-14-30/h3-4,8-11,13-14,17,19-20H,5-7,12,15-16,18H2,1-2H3,(H,28,33)/t20-/m1/s1. The van der Waals surface area contributed by atoms with Crippen molar-refractivity contribution in [2.24, 2.45) is 5.92 Å². The lowest BCUT2D eigenvalue weighted by molar-refractivity contribution is -0.126. The fourth-order valence-electron chi connectivity index (χ4n) is 4.28. The fraction of sp³-hybridized carbons (Fsp3) is 0.423. The van der Waals surface area contributed by atoms with E-state index in [1.807, 2.05) is 42.9 Å². The van der Waals surface area contributed by atoms with Crippen molar-refractivity contribution in [3.8, 4) is 11.5 Å². The Bertz CT molecular complexity index is 1120. The number of hydrogen-bond acceptors (Lipinski definition) is 4. The summed E-state index contributed by atoms with van der Waals surface area (Å²) in [7, 11) is 0. The Hall–Kier alpha value is -3.46. The highest BCUT2D eigenvalue weighted by Crippen LogP contribution is 2.24. The highest BCUT2D eigenvalue weighted by molar-refractivity contribution is 5.97. The second kappa shape index (κ2) is 11.3. The lowest BCUT2D eigenvalue weighted by Crippen LogP contribution is -2.45. The third-order valence-electron chi connectivity index (χ3n) is 6.05. The maximum absolute atomic E-state index is 13.6. The van der Waals surface area contributed by atoms with E-state index in [1.54, 1.807) is 27.9 Å². The Morgan fingerprint density at radius 1 is 1.20 bits per heavy atom. The van der Waals surface area contributed by atoms with Gasteiger partial charge in [-0.25, -0.2) is 9.07 Å². The molecule has 0 aliphatic carbocycles. The summed E-state index contributed by atoms with van der Waals surface area (Å²) in [4.78, 5) is 28.1. The van der Waals surface area contributed by atoms with Gasteiger partial charge in [0.05, 0.1) is 23.9 Å². The van der Waals surface area contributed by atoms with Crippen LogP contribution in [0.25, 0.3) is 11.5 Å². The van der Waals surface area contributed by atoms with Crippen molar-refractivity contribution in [2.45, 2.75) is 39.2 Å². The van der Waals surface area contributed by atoms with Crippen molar-refractivity contribution in [1.29, 1.82) is 0 Å². The second-order valence-electron chi connectivity index (χ2n) is 9.01. The van der Waals surface area contributed by atoms with Gasteiger partial charge in [0.2, 0.25) is 5.91 Å². The van der Waals surface area contributed by atoms with Gasteiger partial charge in [0.15, 0.2) is 5.82 Å². The largest absolute Gasteiger partial charge is 0.379 e. The molecule has 3 heterocycles. The summed E-state index contributed by atoms with van der Waals surface area (Å²) in [6.07, 6.45) is 7.64. The van der Waals surface area contributed by atoms with Crippen molar-refractivity contribution in [3.05, 3.63) is 66.4 Å². The molecule has 4 rings (SSSR count). The molecule has 1 fully saturated rings. The molecule has 1 N–H and O–H groups in total. The lowest BCUT2D eigenvalue weighted by Gasteiger charge is -2.32. The average Bonchev–Trinajstić information content (AvgIpc) is 3.53. The van der Waals surface area contributed by atoms with Crippen LogP contribution in [-0.2, 0) is 9.53 Å². The van der Waals surface area contributed by atoms with E-state index < -0.39 is 0 Å². The first-order chi connectivity index (χ1) is 16.9. The molecule has 1 aromatic carbocycles. The van der Waals surface area contributed by atoms with Crippen LogP contribution in [0, 0.1) is 11.7 Å². The van der Waals surface area contributed by atoms with Crippen LogP contribution in [0.5, 0.6) is 0 Å². The normalized spacial score (nSPS) is 16.0. The summed E-state index contributed by atoms with van der Waals surface area (Å²) >= 11 is 0. The third-order valence-corrected chi connectivity index (χ3v) is 6.05. The van der Waals surface area contributed by atoms with Gasteiger partial charge in [-0.05, 0) is 69.5 Å². The SMILES string of the molecule is CC(C)OCCCNC(=O)[C@@H]1CCCN(C(=O)c2cnn(-c3ccc(F)cc3)c2-n2cccc2)C1. The molecule has 1 aliphatic heterocycles. The van der Waals surface area contributed by atoms with Crippen molar-refractivity contribution in [1.82, 2.24) is 24.6 Å². The molecule has 0 radical (unpaired) electrons. The Balaban J connectivity index is 1.48. The number of rotatable bonds is 9. The van der Waals surface area contributed by atoms with Gasteiger partial charge in [0.25, 0.3) is 5.91 Å². The first-order valence-corrected chi connectivity index (χ1v) is 12.1. The number of hydrogen-bond donors (Lipinski definition) is 1. The predicted molar refractivity (Wildman–Crippen MR) is 130 cm³/mol. The molecule has 0 bridgehead atoms. The molecule has 3 aromatic rings. The van der Waals surface area contributed by atoms with Gasteiger partial charge in [-0.2, -0.15) is 5.10 Å². The van der Waals surface area contributed by atoms with Crippen LogP contribution in [-0.4, -0.2) is 63.4 Å². The maximum Gasteiger partial charge on any atom is 0.259 e. The van der Waals surface area contributed by atoms with Crippen molar-refractivity contribution < 1.29 is 18.7 Å². The zero-order valence-corrected chi connectivity index (χ0v) is 20.2. The number of aromatic nitrogens is 3. The van der Waals surface area contributed by atoms with E-state index in [1.165, 1.54) is 12.1 Å². The molecule has 35 heavy (non-hydrogen) atoms. The zero-order valence-electron chi connectivity index (χ0n) is 20.2. The van der Waals surface area contributed by atoms with Crippen LogP contribution in [0.15, 0.2) is 55.0 Å². The second-order valence-corrected chi connectivity index (χ2v) is 9.01. The van der Waals surface area contributed by atoms with E-state index in [4.69, 9.17) is 4.74 Å². The van der Waals surface area contributed by atoms with Crippen LogP contribution < -0.4 is 5.32 Å². The average molecular weight is 482 g/mol. The number of carbonyl (C=O) groups is 2. The molecule has 2 aromatic heterocycles. The van der Waals surface area contributed by atoms with Gasteiger partial charge >= 0.3 is 0 Å². The number of piperidine rings is 1. The van der Waals surface area contributed by atoms with E-state index >= 15 is 0 Å². The highest BCUT2D eigenvalue weighted by atomic mass is 19.1. The minimum atomic E-state index is -0.343. The number of likely N-dealkylation sites (tertiary alicyclic amines) is 1. The van der Waals surface area contributed by atoms with Gasteiger partial charge in [-0.1, -0.05) is 0 Å². The molecular formula is C26H32FN5O3. The number of halogens is 1. The molecule has 0 spiro atoms. The number of ether oxygens (including phenoxy) is 1. The molecule has 1 atom stereocenters. The number of amides is 2. The van der Waals surface area contributed by atoms with Crippen LogP contribution in [0.3, 0.4) is 0 Å².